The van der Waals surface area contributed by atoms with Crippen molar-refractivity contribution in [1.82, 2.24) is 0 Å². The van der Waals surface area contributed by atoms with Gasteiger partial charge in [-0.3, -0.25) is 4.79 Å². The summed E-state index contributed by atoms with van der Waals surface area (Å²) in [5, 5.41) is 8.59. The predicted molar refractivity (Wildman–Crippen MR) is 86.2 cm³/mol. The second-order valence-corrected chi connectivity index (χ2v) is 6.16. The van der Waals surface area contributed by atoms with Gasteiger partial charge in [0.1, 0.15) is 11.5 Å². The maximum atomic E-state index is 11.7. The number of hydrogen-bond acceptors (Lipinski definition) is 3. The van der Waals surface area contributed by atoms with Crippen LogP contribution in [0.3, 0.4) is 0 Å². The summed E-state index contributed by atoms with van der Waals surface area (Å²) in [6, 6.07) is 16.7. The van der Waals surface area contributed by atoms with E-state index in [0.29, 0.717) is 11.3 Å². The molecule has 3 heteroatoms. The standard InChI is InChI=1S/C19H19NO2/c1-19(2,3)15-7-9-16(10-8-15)22-17-6-4-5-14(13-17)18(21)11-12-20/h4-10,13H,11H2,1-3H3. The number of hydrogen-bond donors (Lipinski definition) is 0. The van der Waals surface area contributed by atoms with Gasteiger partial charge in [-0.15, -0.1) is 0 Å². The molecule has 22 heavy (non-hydrogen) atoms. The van der Waals surface area contributed by atoms with Gasteiger partial charge in [-0.1, -0.05) is 45.0 Å². The molecule has 0 saturated carbocycles. The van der Waals surface area contributed by atoms with Gasteiger partial charge >= 0.3 is 0 Å². The van der Waals surface area contributed by atoms with E-state index in [-0.39, 0.29) is 17.6 Å². The Morgan fingerprint density at radius 1 is 1.09 bits per heavy atom. The smallest absolute Gasteiger partial charge is 0.177 e. The van der Waals surface area contributed by atoms with Crippen LogP contribution < -0.4 is 4.74 Å². The van der Waals surface area contributed by atoms with E-state index in [9.17, 15) is 4.79 Å². The first-order valence-corrected chi connectivity index (χ1v) is 7.19. The fourth-order valence-corrected chi connectivity index (χ4v) is 2.07. The van der Waals surface area contributed by atoms with Crippen molar-refractivity contribution in [3.63, 3.8) is 0 Å². The fraction of sp³-hybridized carbons (Fsp3) is 0.263. The molecule has 0 aliphatic heterocycles. The van der Waals surface area contributed by atoms with Crippen molar-refractivity contribution in [2.45, 2.75) is 32.6 Å². The van der Waals surface area contributed by atoms with Crippen LogP contribution in [0.1, 0.15) is 43.1 Å². The number of nitriles is 1. The van der Waals surface area contributed by atoms with Crippen LogP contribution in [0.2, 0.25) is 0 Å². The zero-order chi connectivity index (χ0) is 16.2. The molecule has 0 aromatic heterocycles. The Labute approximate surface area is 131 Å². The molecule has 0 N–H and O–H groups in total. The van der Waals surface area contributed by atoms with Crippen LogP contribution in [0.15, 0.2) is 48.5 Å². The van der Waals surface area contributed by atoms with Crippen molar-refractivity contribution < 1.29 is 9.53 Å². The van der Waals surface area contributed by atoms with Gasteiger partial charge < -0.3 is 4.74 Å². The van der Waals surface area contributed by atoms with E-state index < -0.39 is 0 Å². The van der Waals surface area contributed by atoms with Crippen LogP contribution in [0.25, 0.3) is 0 Å². The minimum absolute atomic E-state index is 0.0994. The van der Waals surface area contributed by atoms with Crippen molar-refractivity contribution in [2.75, 3.05) is 0 Å². The van der Waals surface area contributed by atoms with Crippen molar-refractivity contribution in [2.24, 2.45) is 0 Å². The number of Topliss-reactive ketones (excluding diaryl/α,β-unsaturated/α-hetero) is 1. The molecule has 0 bridgehead atoms. The number of benzene rings is 2. The molecule has 2 aromatic rings. The number of rotatable bonds is 4. The summed E-state index contributed by atoms with van der Waals surface area (Å²) in [5.41, 5.74) is 1.82. The monoisotopic (exact) mass is 293 g/mol. The molecule has 0 saturated heterocycles. The molecule has 0 amide bonds. The van der Waals surface area contributed by atoms with Gasteiger partial charge in [-0.2, -0.15) is 5.26 Å². The summed E-state index contributed by atoms with van der Waals surface area (Å²) < 4.78 is 5.78. The number of ketones is 1. The first-order valence-electron chi connectivity index (χ1n) is 7.19. The van der Waals surface area contributed by atoms with Crippen molar-refractivity contribution >= 4 is 5.78 Å². The lowest BCUT2D eigenvalue weighted by Crippen LogP contribution is -2.10. The van der Waals surface area contributed by atoms with Crippen LogP contribution in [-0.2, 0) is 5.41 Å². The minimum atomic E-state index is -0.198. The number of ether oxygens (including phenoxy) is 1. The Balaban J connectivity index is 2.16. The molecule has 0 atom stereocenters. The molecule has 2 rings (SSSR count). The minimum Gasteiger partial charge on any atom is -0.457 e. The Bertz CT molecular complexity index is 703. The van der Waals surface area contributed by atoms with Gasteiger partial charge in [0.05, 0.1) is 12.5 Å². The van der Waals surface area contributed by atoms with Gasteiger partial charge in [0.15, 0.2) is 5.78 Å². The molecule has 0 aliphatic carbocycles. The molecule has 0 fully saturated rings. The highest BCUT2D eigenvalue weighted by Crippen LogP contribution is 2.27. The van der Waals surface area contributed by atoms with Crippen molar-refractivity contribution in [1.29, 1.82) is 5.26 Å². The maximum absolute atomic E-state index is 11.7. The molecule has 0 heterocycles. The Kier molecular flexibility index (Phi) is 4.62. The van der Waals surface area contributed by atoms with Gasteiger partial charge in [0, 0.05) is 5.56 Å². The molecule has 2 aromatic carbocycles. The second-order valence-electron chi connectivity index (χ2n) is 6.16. The van der Waals surface area contributed by atoms with Crippen LogP contribution in [0.4, 0.5) is 0 Å². The molecule has 112 valence electrons. The molecule has 0 spiro atoms. The summed E-state index contributed by atoms with van der Waals surface area (Å²) in [6.07, 6.45) is -0.121. The zero-order valence-corrected chi connectivity index (χ0v) is 13.1. The Morgan fingerprint density at radius 3 is 2.36 bits per heavy atom. The Hall–Kier alpha value is -2.60. The normalized spacial score (nSPS) is 10.8. The van der Waals surface area contributed by atoms with Gasteiger partial charge in [-0.05, 0) is 35.2 Å². The SMILES string of the molecule is CC(C)(C)c1ccc(Oc2cccc(C(=O)CC#N)c2)cc1. The van der Waals surface area contributed by atoms with Crippen LogP contribution in [0, 0.1) is 11.3 Å². The average molecular weight is 293 g/mol. The van der Waals surface area contributed by atoms with Crippen LogP contribution in [0.5, 0.6) is 11.5 Å². The topological polar surface area (TPSA) is 50.1 Å². The van der Waals surface area contributed by atoms with E-state index >= 15 is 0 Å². The van der Waals surface area contributed by atoms with E-state index in [1.165, 1.54) is 5.56 Å². The molecule has 0 unspecified atom stereocenters. The summed E-state index contributed by atoms with van der Waals surface area (Å²) in [5.74, 6) is 1.11. The first kappa shape index (κ1) is 15.8. The molecule has 0 aliphatic rings. The molecule has 3 nitrogen and oxygen atoms in total. The lowest BCUT2D eigenvalue weighted by atomic mass is 9.87. The molecule has 0 radical (unpaired) electrons. The van der Waals surface area contributed by atoms with Gasteiger partial charge in [0.2, 0.25) is 0 Å². The highest BCUT2D eigenvalue weighted by molar-refractivity contribution is 5.97. The van der Waals surface area contributed by atoms with E-state index in [2.05, 4.69) is 20.8 Å². The second kappa shape index (κ2) is 6.44. The third-order valence-corrected chi connectivity index (χ3v) is 3.35. The largest absolute Gasteiger partial charge is 0.457 e. The zero-order valence-electron chi connectivity index (χ0n) is 13.1. The summed E-state index contributed by atoms with van der Waals surface area (Å²) in [7, 11) is 0. The van der Waals surface area contributed by atoms with Gasteiger partial charge in [0.25, 0.3) is 0 Å². The average Bonchev–Trinajstić information content (AvgIpc) is 2.47. The maximum Gasteiger partial charge on any atom is 0.177 e. The summed E-state index contributed by atoms with van der Waals surface area (Å²) in [6.45, 7) is 6.48. The number of carbonyl (C=O) groups excluding carboxylic acids is 1. The van der Waals surface area contributed by atoms with Crippen molar-refractivity contribution in [3.05, 3.63) is 59.7 Å². The highest BCUT2D eigenvalue weighted by Gasteiger charge is 2.13. The quantitative estimate of drug-likeness (QED) is 0.755. The van der Waals surface area contributed by atoms with E-state index in [1.807, 2.05) is 30.3 Å². The molecular formula is C19H19NO2. The summed E-state index contributed by atoms with van der Waals surface area (Å²) >= 11 is 0. The highest BCUT2D eigenvalue weighted by atomic mass is 16.5. The van der Waals surface area contributed by atoms with Crippen LogP contribution >= 0.6 is 0 Å². The van der Waals surface area contributed by atoms with E-state index in [4.69, 9.17) is 10.00 Å². The number of nitrogens with zero attached hydrogens (tertiary/aromatic N) is 1. The molecular weight excluding hydrogens is 274 g/mol. The lowest BCUT2D eigenvalue weighted by molar-refractivity contribution is 0.0997. The van der Waals surface area contributed by atoms with Gasteiger partial charge in [-0.25, -0.2) is 0 Å². The fourth-order valence-electron chi connectivity index (χ4n) is 2.07. The van der Waals surface area contributed by atoms with E-state index in [1.54, 1.807) is 24.3 Å². The third kappa shape index (κ3) is 3.95. The first-order chi connectivity index (χ1) is 10.4. The third-order valence-electron chi connectivity index (χ3n) is 3.35. The number of carbonyl (C=O) groups is 1. The predicted octanol–water partition coefficient (Wildman–Crippen LogP) is 4.87. The van der Waals surface area contributed by atoms with Crippen LogP contribution in [-0.4, -0.2) is 5.78 Å². The van der Waals surface area contributed by atoms with Crippen molar-refractivity contribution in [3.8, 4) is 17.6 Å². The Morgan fingerprint density at radius 2 is 1.77 bits per heavy atom. The van der Waals surface area contributed by atoms with E-state index in [0.717, 1.165) is 5.75 Å². The summed E-state index contributed by atoms with van der Waals surface area (Å²) in [4.78, 5) is 11.7. The lowest BCUT2D eigenvalue weighted by Gasteiger charge is -2.19.